The van der Waals surface area contributed by atoms with Crippen LogP contribution in [0.1, 0.15) is 17.5 Å². The SMILES string of the molecule is C=CC(=O)Nc1ccc(CCC(=O)N2CCc3c(F)cccc32)cc1. The molecule has 4 nitrogen and oxygen atoms in total. The van der Waals surface area contributed by atoms with E-state index in [-0.39, 0.29) is 17.6 Å². The molecular weight excluding hydrogens is 319 g/mol. The molecule has 0 bridgehead atoms. The van der Waals surface area contributed by atoms with Crippen LogP contribution in [0.4, 0.5) is 15.8 Å². The Morgan fingerprint density at radius 2 is 1.96 bits per heavy atom. The molecule has 0 saturated carbocycles. The lowest BCUT2D eigenvalue weighted by atomic mass is 10.1. The number of benzene rings is 2. The van der Waals surface area contributed by atoms with Crippen LogP contribution in [0.25, 0.3) is 0 Å². The summed E-state index contributed by atoms with van der Waals surface area (Å²) in [5.74, 6) is -0.513. The van der Waals surface area contributed by atoms with Crippen LogP contribution >= 0.6 is 0 Å². The summed E-state index contributed by atoms with van der Waals surface area (Å²) in [6.45, 7) is 3.93. The van der Waals surface area contributed by atoms with Crippen molar-refractivity contribution in [1.29, 1.82) is 0 Å². The van der Waals surface area contributed by atoms with Crippen LogP contribution in [0.2, 0.25) is 0 Å². The van der Waals surface area contributed by atoms with Crippen molar-refractivity contribution in [3.8, 4) is 0 Å². The van der Waals surface area contributed by atoms with Gasteiger partial charge in [0.1, 0.15) is 5.82 Å². The summed E-state index contributed by atoms with van der Waals surface area (Å²) in [6, 6.07) is 12.2. The van der Waals surface area contributed by atoms with Crippen LogP contribution in [0, 0.1) is 5.82 Å². The van der Waals surface area contributed by atoms with Gasteiger partial charge < -0.3 is 10.2 Å². The first-order valence-electron chi connectivity index (χ1n) is 8.18. The molecule has 0 atom stereocenters. The molecule has 0 spiro atoms. The fourth-order valence-electron chi connectivity index (χ4n) is 2.99. The number of carbonyl (C=O) groups excluding carboxylic acids is 2. The number of rotatable bonds is 5. The van der Waals surface area contributed by atoms with Crippen LogP contribution in [0.15, 0.2) is 55.1 Å². The molecule has 128 valence electrons. The highest BCUT2D eigenvalue weighted by Crippen LogP contribution is 2.30. The molecule has 25 heavy (non-hydrogen) atoms. The average molecular weight is 338 g/mol. The molecule has 1 N–H and O–H groups in total. The number of hydrogen-bond donors (Lipinski definition) is 1. The second-order valence-electron chi connectivity index (χ2n) is 5.92. The number of nitrogens with zero attached hydrogens (tertiary/aromatic N) is 1. The molecule has 2 amide bonds. The Hall–Kier alpha value is -2.95. The monoisotopic (exact) mass is 338 g/mol. The summed E-state index contributed by atoms with van der Waals surface area (Å²) < 4.78 is 13.8. The van der Waals surface area contributed by atoms with Crippen LogP contribution in [0.5, 0.6) is 0 Å². The molecule has 1 aliphatic rings. The highest BCUT2D eigenvalue weighted by molar-refractivity contribution is 5.98. The van der Waals surface area contributed by atoms with Crippen molar-refractivity contribution in [2.75, 3.05) is 16.8 Å². The maximum absolute atomic E-state index is 13.8. The summed E-state index contributed by atoms with van der Waals surface area (Å²) in [6.07, 6.45) is 2.72. The summed E-state index contributed by atoms with van der Waals surface area (Å²) in [7, 11) is 0. The maximum atomic E-state index is 13.8. The predicted octanol–water partition coefficient (Wildman–Crippen LogP) is 3.47. The van der Waals surface area contributed by atoms with Gasteiger partial charge in [-0.25, -0.2) is 4.39 Å². The largest absolute Gasteiger partial charge is 0.323 e. The van der Waals surface area contributed by atoms with E-state index in [9.17, 15) is 14.0 Å². The molecule has 0 fully saturated rings. The first-order valence-corrected chi connectivity index (χ1v) is 8.18. The third-order valence-corrected chi connectivity index (χ3v) is 4.31. The molecule has 2 aromatic carbocycles. The van der Waals surface area contributed by atoms with Gasteiger partial charge in [-0.15, -0.1) is 0 Å². The second-order valence-corrected chi connectivity index (χ2v) is 5.92. The highest BCUT2D eigenvalue weighted by atomic mass is 19.1. The van der Waals surface area contributed by atoms with Gasteiger partial charge in [-0.05, 0) is 48.7 Å². The lowest BCUT2D eigenvalue weighted by molar-refractivity contribution is -0.118. The Labute approximate surface area is 146 Å². The topological polar surface area (TPSA) is 49.4 Å². The lowest BCUT2D eigenvalue weighted by Crippen LogP contribution is -2.29. The minimum absolute atomic E-state index is 0.00612. The number of aryl methyl sites for hydroxylation is 1. The van der Waals surface area contributed by atoms with Crippen molar-refractivity contribution < 1.29 is 14.0 Å². The Kier molecular flexibility index (Phi) is 4.93. The van der Waals surface area contributed by atoms with Gasteiger partial charge in [-0.2, -0.15) is 0 Å². The number of halogens is 1. The van der Waals surface area contributed by atoms with Crippen LogP contribution in [-0.2, 0) is 22.4 Å². The van der Waals surface area contributed by atoms with E-state index in [0.29, 0.717) is 42.7 Å². The zero-order valence-electron chi connectivity index (χ0n) is 13.8. The Morgan fingerprint density at radius 3 is 2.68 bits per heavy atom. The van der Waals surface area contributed by atoms with Gasteiger partial charge in [0.25, 0.3) is 0 Å². The van der Waals surface area contributed by atoms with Crippen LogP contribution in [0.3, 0.4) is 0 Å². The molecule has 5 heteroatoms. The van der Waals surface area contributed by atoms with Gasteiger partial charge in [0.2, 0.25) is 11.8 Å². The van der Waals surface area contributed by atoms with Gasteiger partial charge in [0.05, 0.1) is 0 Å². The predicted molar refractivity (Wildman–Crippen MR) is 96.0 cm³/mol. The van der Waals surface area contributed by atoms with Crippen LogP contribution in [-0.4, -0.2) is 18.4 Å². The number of carbonyl (C=O) groups is 2. The van der Waals surface area contributed by atoms with E-state index in [1.165, 1.54) is 12.1 Å². The summed E-state index contributed by atoms with van der Waals surface area (Å²) in [5, 5.41) is 2.68. The standard InChI is InChI=1S/C20H19FN2O2/c1-2-19(24)22-15-9-6-14(7-10-15)8-11-20(25)23-13-12-16-17(21)4-3-5-18(16)23/h2-7,9-10H,1,8,11-13H2,(H,22,24). The number of anilines is 2. The summed E-state index contributed by atoms with van der Waals surface area (Å²) >= 11 is 0. The molecule has 2 aromatic rings. The van der Waals surface area contributed by atoms with E-state index in [0.717, 1.165) is 5.56 Å². The first kappa shape index (κ1) is 16.9. The second kappa shape index (κ2) is 7.30. The molecule has 1 aliphatic heterocycles. The summed E-state index contributed by atoms with van der Waals surface area (Å²) in [4.78, 5) is 25.4. The highest BCUT2D eigenvalue weighted by Gasteiger charge is 2.26. The first-order chi connectivity index (χ1) is 12.1. The van der Waals surface area contributed by atoms with Gasteiger partial charge in [0, 0.05) is 29.9 Å². The van der Waals surface area contributed by atoms with Crippen molar-refractivity contribution in [2.24, 2.45) is 0 Å². The zero-order valence-corrected chi connectivity index (χ0v) is 13.8. The van der Waals surface area contributed by atoms with Crippen molar-refractivity contribution in [3.63, 3.8) is 0 Å². The lowest BCUT2D eigenvalue weighted by Gasteiger charge is -2.17. The Morgan fingerprint density at radius 1 is 1.20 bits per heavy atom. The molecule has 0 aromatic heterocycles. The minimum atomic E-state index is -0.261. The molecule has 0 saturated heterocycles. The molecule has 1 heterocycles. The fraction of sp³-hybridized carbons (Fsp3) is 0.200. The van der Waals surface area contributed by atoms with E-state index < -0.39 is 0 Å². The van der Waals surface area contributed by atoms with Gasteiger partial charge >= 0.3 is 0 Å². The molecule has 3 rings (SSSR count). The number of amides is 2. The van der Waals surface area contributed by atoms with Crippen molar-refractivity contribution >= 4 is 23.2 Å². The number of hydrogen-bond acceptors (Lipinski definition) is 2. The van der Waals surface area contributed by atoms with E-state index in [1.807, 2.05) is 12.1 Å². The molecule has 0 radical (unpaired) electrons. The van der Waals surface area contributed by atoms with E-state index >= 15 is 0 Å². The Balaban J connectivity index is 1.59. The Bertz CT molecular complexity index is 815. The maximum Gasteiger partial charge on any atom is 0.247 e. The van der Waals surface area contributed by atoms with Gasteiger partial charge in [0.15, 0.2) is 0 Å². The third kappa shape index (κ3) is 3.76. The van der Waals surface area contributed by atoms with Crippen molar-refractivity contribution in [3.05, 3.63) is 72.1 Å². The fourth-order valence-corrected chi connectivity index (χ4v) is 2.99. The molecule has 0 aliphatic carbocycles. The van der Waals surface area contributed by atoms with Gasteiger partial charge in [-0.1, -0.05) is 24.8 Å². The minimum Gasteiger partial charge on any atom is -0.323 e. The molecule has 0 unspecified atom stereocenters. The third-order valence-electron chi connectivity index (χ3n) is 4.31. The van der Waals surface area contributed by atoms with Crippen LogP contribution < -0.4 is 10.2 Å². The average Bonchev–Trinajstić information content (AvgIpc) is 3.06. The number of nitrogens with one attached hydrogen (secondary N) is 1. The van der Waals surface area contributed by atoms with Crippen molar-refractivity contribution in [2.45, 2.75) is 19.3 Å². The van der Waals surface area contributed by atoms with Crippen molar-refractivity contribution in [1.82, 2.24) is 0 Å². The van der Waals surface area contributed by atoms with E-state index in [1.54, 1.807) is 29.2 Å². The quantitative estimate of drug-likeness (QED) is 0.849. The van der Waals surface area contributed by atoms with E-state index in [4.69, 9.17) is 0 Å². The van der Waals surface area contributed by atoms with E-state index in [2.05, 4.69) is 11.9 Å². The molecular formula is C20H19FN2O2. The van der Waals surface area contributed by atoms with Gasteiger partial charge in [-0.3, -0.25) is 9.59 Å². The zero-order chi connectivity index (χ0) is 17.8. The number of fused-ring (bicyclic) bond motifs is 1. The summed E-state index contributed by atoms with van der Waals surface area (Å²) in [5.41, 5.74) is 3.00. The normalized spacial score (nSPS) is 12.6. The smallest absolute Gasteiger partial charge is 0.247 e.